The van der Waals surface area contributed by atoms with E-state index in [0.29, 0.717) is 21.3 Å². The highest BCUT2D eigenvalue weighted by Crippen LogP contribution is 2.51. The molecule has 0 spiro atoms. The number of halogens is 2. The van der Waals surface area contributed by atoms with Crippen LogP contribution in [0.5, 0.6) is 5.75 Å². The minimum Gasteiger partial charge on any atom is -0.462 e. The van der Waals surface area contributed by atoms with Gasteiger partial charge in [0.15, 0.2) is 11.9 Å². The van der Waals surface area contributed by atoms with Gasteiger partial charge in [-0.15, -0.1) is 0 Å². The molecule has 0 radical (unpaired) electrons. The number of aliphatic hydroxyl groups is 1. The molecule has 0 saturated carbocycles. The van der Waals surface area contributed by atoms with E-state index in [1.54, 1.807) is 45.0 Å². The molecule has 2 heterocycles. The second kappa shape index (κ2) is 12.5. The van der Waals surface area contributed by atoms with Crippen LogP contribution < -0.4 is 20.9 Å². The second-order valence-electron chi connectivity index (χ2n) is 10.5. The van der Waals surface area contributed by atoms with E-state index in [-0.39, 0.29) is 11.6 Å². The van der Waals surface area contributed by atoms with Crippen molar-refractivity contribution in [3.05, 3.63) is 86.9 Å². The Hall–Kier alpha value is -3.68. The van der Waals surface area contributed by atoms with E-state index >= 15 is 4.39 Å². The standard InChI is InChI=1S/C28H32F2N3O9P/c1-15(2)39-24(36)17(4)32-43(38,41-20-9-6-18(7-10-20)19-8-11-21(29)16(3)14-19)42-25-23(35)28(5,30)26(40-25)33-13-12-22(34)31-27(33)37/h6-15,17,23,25-26,35H,1-5H3,(H,32,38)(H,31,34,37)/t17-,23+,25+,26+,28+,43?/m0/s1. The number of nitrogens with zero attached hydrogens (tertiary/aromatic N) is 1. The second-order valence-corrected chi connectivity index (χ2v) is 12.1. The number of H-pyrrole nitrogens is 1. The fourth-order valence-corrected chi connectivity index (χ4v) is 5.86. The number of aryl methyl sites for hydroxylation is 1. The number of hydrogen-bond donors (Lipinski definition) is 3. The molecule has 12 nitrogen and oxygen atoms in total. The Morgan fingerprint density at radius 2 is 1.79 bits per heavy atom. The van der Waals surface area contributed by atoms with Crippen LogP contribution in [0.15, 0.2) is 64.3 Å². The molecular weight excluding hydrogens is 591 g/mol. The van der Waals surface area contributed by atoms with Crippen LogP contribution in [0.3, 0.4) is 0 Å². The average Bonchev–Trinajstić information content (AvgIpc) is 3.13. The molecule has 3 aromatic rings. The molecule has 0 amide bonds. The molecule has 1 saturated heterocycles. The van der Waals surface area contributed by atoms with Gasteiger partial charge in [0, 0.05) is 12.3 Å². The predicted molar refractivity (Wildman–Crippen MR) is 150 cm³/mol. The van der Waals surface area contributed by atoms with Crippen molar-refractivity contribution in [3.8, 4) is 16.9 Å². The highest BCUT2D eigenvalue weighted by Gasteiger charge is 2.58. The van der Waals surface area contributed by atoms with Crippen LogP contribution in [-0.4, -0.2) is 50.8 Å². The SMILES string of the molecule is Cc1cc(-c2ccc(OP(=O)(N[C@@H](C)C(=O)OC(C)C)O[C@H]3O[C@@H](n4ccc(=O)[nH]c4=O)[C@](C)(F)[C@@H]3O)cc2)ccc1F. The van der Waals surface area contributed by atoms with Gasteiger partial charge < -0.3 is 19.1 Å². The lowest BCUT2D eigenvalue weighted by Gasteiger charge is -2.27. The molecule has 1 aliphatic rings. The maximum atomic E-state index is 15.7. The fourth-order valence-electron chi connectivity index (χ4n) is 4.29. The summed E-state index contributed by atoms with van der Waals surface area (Å²) in [7, 11) is -4.67. The van der Waals surface area contributed by atoms with E-state index in [1.165, 1.54) is 25.1 Å². The molecule has 1 aromatic heterocycles. The molecule has 1 unspecified atom stereocenters. The van der Waals surface area contributed by atoms with Crippen molar-refractivity contribution in [1.29, 1.82) is 0 Å². The third kappa shape index (κ3) is 7.28. The largest absolute Gasteiger partial charge is 0.462 e. The van der Waals surface area contributed by atoms with Gasteiger partial charge in [-0.2, -0.15) is 5.09 Å². The van der Waals surface area contributed by atoms with E-state index in [1.807, 2.05) is 4.98 Å². The van der Waals surface area contributed by atoms with Crippen LogP contribution in [0.4, 0.5) is 8.78 Å². The monoisotopic (exact) mass is 623 g/mol. The molecular formula is C28H32F2N3O9P. The van der Waals surface area contributed by atoms with Crippen molar-refractivity contribution in [2.24, 2.45) is 0 Å². The first kappa shape index (κ1) is 32.2. The summed E-state index contributed by atoms with van der Waals surface area (Å²) in [6.45, 7) is 7.12. The molecule has 3 N–H and O–H groups in total. The van der Waals surface area contributed by atoms with Gasteiger partial charge in [0.05, 0.1) is 6.10 Å². The minimum absolute atomic E-state index is 0.00764. The number of benzene rings is 2. The highest BCUT2D eigenvalue weighted by molar-refractivity contribution is 7.52. The molecule has 4 rings (SSSR count). The predicted octanol–water partition coefficient (Wildman–Crippen LogP) is 3.73. The van der Waals surface area contributed by atoms with E-state index in [4.69, 9.17) is 18.5 Å². The number of esters is 1. The summed E-state index contributed by atoms with van der Waals surface area (Å²) in [5, 5.41) is 13.2. The van der Waals surface area contributed by atoms with Gasteiger partial charge in [0.25, 0.3) is 5.56 Å². The Balaban J connectivity index is 1.62. The van der Waals surface area contributed by atoms with E-state index in [0.717, 1.165) is 19.2 Å². The molecule has 2 aromatic carbocycles. The van der Waals surface area contributed by atoms with E-state index in [2.05, 4.69) is 5.09 Å². The summed E-state index contributed by atoms with van der Waals surface area (Å²) in [6, 6.07) is 10.4. The number of aliphatic hydroxyl groups excluding tert-OH is 1. The van der Waals surface area contributed by atoms with Crippen LogP contribution in [0.25, 0.3) is 11.1 Å². The Bertz CT molecular complexity index is 1640. The smallest absolute Gasteiger partial charge is 0.461 e. The third-order valence-corrected chi connectivity index (χ3v) is 8.20. The first-order chi connectivity index (χ1) is 20.1. The molecule has 43 heavy (non-hydrogen) atoms. The molecule has 0 aliphatic carbocycles. The van der Waals surface area contributed by atoms with Crippen molar-refractivity contribution in [1.82, 2.24) is 14.6 Å². The summed E-state index contributed by atoms with van der Waals surface area (Å²) in [4.78, 5) is 38.2. The van der Waals surface area contributed by atoms with Crippen molar-refractivity contribution in [2.45, 2.75) is 71.1 Å². The number of aromatic amines is 1. The Morgan fingerprint density at radius 1 is 1.14 bits per heavy atom. The number of carbonyl (C=O) groups is 1. The number of nitrogens with one attached hydrogen (secondary N) is 2. The number of alkyl halides is 1. The van der Waals surface area contributed by atoms with E-state index < -0.39 is 61.4 Å². The van der Waals surface area contributed by atoms with Crippen LogP contribution in [-0.2, 0) is 23.4 Å². The minimum atomic E-state index is -4.67. The van der Waals surface area contributed by atoms with Crippen LogP contribution in [0.2, 0.25) is 0 Å². The molecule has 232 valence electrons. The number of aromatic nitrogens is 2. The lowest BCUT2D eigenvalue weighted by Crippen LogP contribution is -2.44. The summed E-state index contributed by atoms with van der Waals surface area (Å²) < 4.78 is 66.0. The normalized spacial score (nSPS) is 24.0. The number of rotatable bonds is 10. The molecule has 6 atom stereocenters. The van der Waals surface area contributed by atoms with E-state index in [9.17, 15) is 28.4 Å². The van der Waals surface area contributed by atoms with Gasteiger partial charge in [-0.3, -0.25) is 23.7 Å². The summed E-state index contributed by atoms with van der Waals surface area (Å²) in [5.74, 6) is -1.16. The van der Waals surface area contributed by atoms with Crippen molar-refractivity contribution in [2.75, 3.05) is 0 Å². The van der Waals surface area contributed by atoms with Gasteiger partial charge in [0.2, 0.25) is 6.29 Å². The molecule has 15 heteroatoms. The van der Waals surface area contributed by atoms with Crippen LogP contribution >= 0.6 is 7.75 Å². The zero-order valence-electron chi connectivity index (χ0n) is 23.9. The van der Waals surface area contributed by atoms with Crippen molar-refractivity contribution in [3.63, 3.8) is 0 Å². The zero-order chi connectivity index (χ0) is 31.7. The third-order valence-electron chi connectivity index (χ3n) is 6.56. The first-order valence-electron chi connectivity index (χ1n) is 13.3. The van der Waals surface area contributed by atoms with Crippen LogP contribution in [0, 0.1) is 12.7 Å². The summed E-state index contributed by atoms with van der Waals surface area (Å²) in [6.07, 6.45) is -5.39. The molecule has 1 aliphatic heterocycles. The number of carbonyl (C=O) groups excluding carboxylic acids is 1. The maximum Gasteiger partial charge on any atom is 0.461 e. The van der Waals surface area contributed by atoms with Crippen molar-refractivity contribution < 1.29 is 41.8 Å². The highest BCUT2D eigenvalue weighted by atomic mass is 31.2. The van der Waals surface area contributed by atoms with Crippen LogP contribution in [0.1, 0.15) is 39.5 Å². The lowest BCUT2D eigenvalue weighted by atomic mass is 10.0. The number of hydrogen-bond acceptors (Lipinski definition) is 9. The van der Waals surface area contributed by atoms with Gasteiger partial charge in [-0.1, -0.05) is 18.2 Å². The zero-order valence-corrected chi connectivity index (χ0v) is 24.8. The van der Waals surface area contributed by atoms with Crippen molar-refractivity contribution >= 4 is 13.7 Å². The van der Waals surface area contributed by atoms with Gasteiger partial charge in [0.1, 0.15) is 23.7 Å². The average molecular weight is 624 g/mol. The first-order valence-corrected chi connectivity index (χ1v) is 14.8. The Kier molecular flexibility index (Phi) is 9.38. The molecule has 0 bridgehead atoms. The Labute approximate surface area is 245 Å². The fraction of sp³-hybridized carbons (Fsp3) is 0.393. The van der Waals surface area contributed by atoms with Gasteiger partial charge in [-0.05, 0) is 75.6 Å². The summed E-state index contributed by atoms with van der Waals surface area (Å²) >= 11 is 0. The molecule has 1 fully saturated rings. The maximum absolute atomic E-state index is 15.7. The summed E-state index contributed by atoms with van der Waals surface area (Å²) in [5.41, 5.74) is -2.59. The lowest BCUT2D eigenvalue weighted by molar-refractivity contribution is -0.149. The van der Waals surface area contributed by atoms with Gasteiger partial charge >= 0.3 is 19.4 Å². The Morgan fingerprint density at radius 3 is 2.40 bits per heavy atom. The topological polar surface area (TPSA) is 158 Å². The number of ether oxygens (including phenoxy) is 2. The quantitative estimate of drug-likeness (QED) is 0.225. The van der Waals surface area contributed by atoms with Gasteiger partial charge in [-0.25, -0.2) is 18.1 Å².